The Kier molecular flexibility index (Phi) is 5.86. The van der Waals surface area contributed by atoms with Gasteiger partial charge >= 0.3 is 0 Å². The Morgan fingerprint density at radius 3 is 2.71 bits per heavy atom. The van der Waals surface area contributed by atoms with Gasteiger partial charge in [0.25, 0.3) is 0 Å². The van der Waals surface area contributed by atoms with E-state index in [1.807, 2.05) is 13.8 Å². The van der Waals surface area contributed by atoms with E-state index in [-0.39, 0.29) is 0 Å². The molecule has 17 heavy (non-hydrogen) atoms. The number of hydrogen-bond donors (Lipinski definition) is 1. The molecule has 0 atom stereocenters. The van der Waals surface area contributed by atoms with Gasteiger partial charge in [0.05, 0.1) is 6.61 Å². The van der Waals surface area contributed by atoms with E-state index in [1.165, 1.54) is 0 Å². The molecule has 0 aliphatic heterocycles. The van der Waals surface area contributed by atoms with Gasteiger partial charge in [-0.1, -0.05) is 0 Å². The van der Waals surface area contributed by atoms with Crippen molar-refractivity contribution in [1.82, 2.24) is 9.97 Å². The van der Waals surface area contributed by atoms with E-state index in [4.69, 9.17) is 10.5 Å². The molecule has 0 aromatic carbocycles. The Bertz CT molecular complexity index is 343. The first-order chi connectivity index (χ1) is 8.22. The molecule has 5 heteroatoms. The molecule has 0 spiro atoms. The molecule has 5 nitrogen and oxygen atoms in total. The summed E-state index contributed by atoms with van der Waals surface area (Å²) >= 11 is 0. The van der Waals surface area contributed by atoms with Gasteiger partial charge in [0.2, 0.25) is 5.95 Å². The minimum Gasteiger partial charge on any atom is -0.380 e. The highest BCUT2D eigenvalue weighted by atomic mass is 16.5. The highest BCUT2D eigenvalue weighted by molar-refractivity contribution is 5.32. The van der Waals surface area contributed by atoms with Crippen LogP contribution in [0.2, 0.25) is 0 Å². The van der Waals surface area contributed by atoms with Gasteiger partial charge in [-0.3, -0.25) is 0 Å². The minimum absolute atomic E-state index is 0.483. The first-order valence-corrected chi connectivity index (χ1v) is 6.08. The molecule has 0 radical (unpaired) electrons. The van der Waals surface area contributed by atoms with Crippen molar-refractivity contribution >= 4 is 5.95 Å². The summed E-state index contributed by atoms with van der Waals surface area (Å²) in [6.07, 6.45) is 1.81. The van der Waals surface area contributed by atoms with Gasteiger partial charge in [0.15, 0.2) is 0 Å². The van der Waals surface area contributed by atoms with E-state index >= 15 is 0 Å². The molecular formula is C12H22N4O. The van der Waals surface area contributed by atoms with E-state index in [0.29, 0.717) is 13.2 Å². The zero-order valence-corrected chi connectivity index (χ0v) is 10.9. The standard InChI is InChI=1S/C12H22N4O/c1-4-16(6-7-17-5-2)12-14-9-11(8-13)10(3)15-12/h9H,4-8,13H2,1-3H3. The molecule has 1 heterocycles. The van der Waals surface area contributed by atoms with Crippen molar-refractivity contribution in [3.8, 4) is 0 Å². The molecule has 0 unspecified atom stereocenters. The van der Waals surface area contributed by atoms with Crippen molar-refractivity contribution in [2.45, 2.75) is 27.3 Å². The monoisotopic (exact) mass is 238 g/mol. The number of hydrogen-bond acceptors (Lipinski definition) is 5. The predicted molar refractivity (Wildman–Crippen MR) is 69.0 cm³/mol. The molecule has 1 rings (SSSR count). The summed E-state index contributed by atoms with van der Waals surface area (Å²) in [5, 5.41) is 0. The van der Waals surface area contributed by atoms with E-state index in [2.05, 4.69) is 21.8 Å². The molecule has 0 aliphatic rings. The largest absolute Gasteiger partial charge is 0.380 e. The molecule has 0 bridgehead atoms. The maximum absolute atomic E-state index is 5.59. The van der Waals surface area contributed by atoms with Crippen molar-refractivity contribution in [1.29, 1.82) is 0 Å². The fraction of sp³-hybridized carbons (Fsp3) is 0.667. The van der Waals surface area contributed by atoms with Gasteiger partial charge in [-0.2, -0.15) is 0 Å². The molecule has 0 amide bonds. The van der Waals surface area contributed by atoms with Crippen LogP contribution < -0.4 is 10.6 Å². The molecule has 1 aromatic rings. The summed E-state index contributed by atoms with van der Waals surface area (Å²) in [6, 6.07) is 0. The van der Waals surface area contributed by atoms with Crippen LogP contribution in [0.3, 0.4) is 0 Å². The fourth-order valence-corrected chi connectivity index (χ4v) is 1.55. The average molecular weight is 238 g/mol. The van der Waals surface area contributed by atoms with Crippen LogP contribution in [0, 0.1) is 6.92 Å². The predicted octanol–water partition coefficient (Wildman–Crippen LogP) is 1.11. The van der Waals surface area contributed by atoms with Crippen molar-refractivity contribution in [2.75, 3.05) is 31.2 Å². The first kappa shape index (κ1) is 13.9. The molecule has 0 fully saturated rings. The second-order valence-electron chi connectivity index (χ2n) is 3.76. The lowest BCUT2D eigenvalue weighted by molar-refractivity contribution is 0.153. The number of aryl methyl sites for hydroxylation is 1. The van der Waals surface area contributed by atoms with Gasteiger partial charge in [-0.05, 0) is 20.8 Å². The number of nitrogens with zero attached hydrogens (tertiary/aromatic N) is 3. The lowest BCUT2D eigenvalue weighted by Crippen LogP contribution is -2.29. The van der Waals surface area contributed by atoms with Crippen molar-refractivity contribution in [3.63, 3.8) is 0 Å². The maximum Gasteiger partial charge on any atom is 0.225 e. The third-order valence-corrected chi connectivity index (χ3v) is 2.66. The average Bonchev–Trinajstić information content (AvgIpc) is 2.35. The second-order valence-corrected chi connectivity index (χ2v) is 3.76. The summed E-state index contributed by atoms with van der Waals surface area (Å²) in [5.41, 5.74) is 7.54. The summed E-state index contributed by atoms with van der Waals surface area (Å²) in [5.74, 6) is 0.752. The van der Waals surface area contributed by atoms with Gasteiger partial charge < -0.3 is 15.4 Å². The number of aromatic nitrogens is 2. The lowest BCUT2D eigenvalue weighted by atomic mass is 10.2. The number of ether oxygens (including phenoxy) is 1. The number of rotatable bonds is 7. The molecule has 0 aliphatic carbocycles. The van der Waals surface area contributed by atoms with Gasteiger partial charge in [-0.15, -0.1) is 0 Å². The van der Waals surface area contributed by atoms with E-state index in [1.54, 1.807) is 6.20 Å². The van der Waals surface area contributed by atoms with E-state index < -0.39 is 0 Å². The summed E-state index contributed by atoms with van der Waals surface area (Å²) < 4.78 is 5.35. The zero-order valence-electron chi connectivity index (χ0n) is 10.9. The zero-order chi connectivity index (χ0) is 12.7. The maximum atomic E-state index is 5.59. The Hall–Kier alpha value is -1.20. The van der Waals surface area contributed by atoms with E-state index in [9.17, 15) is 0 Å². The van der Waals surface area contributed by atoms with Crippen LogP contribution in [-0.2, 0) is 11.3 Å². The highest BCUT2D eigenvalue weighted by Crippen LogP contribution is 2.10. The molecule has 0 saturated heterocycles. The number of likely N-dealkylation sites (N-methyl/N-ethyl adjacent to an activating group) is 1. The van der Waals surface area contributed by atoms with Crippen LogP contribution in [0.15, 0.2) is 6.20 Å². The van der Waals surface area contributed by atoms with Crippen LogP contribution in [0.5, 0.6) is 0 Å². The number of anilines is 1. The SMILES string of the molecule is CCOCCN(CC)c1ncc(CN)c(C)n1. The Labute approximate surface area is 103 Å². The van der Waals surface area contributed by atoms with Crippen molar-refractivity contribution in [3.05, 3.63) is 17.5 Å². The van der Waals surface area contributed by atoms with Crippen LogP contribution >= 0.6 is 0 Å². The normalized spacial score (nSPS) is 10.6. The smallest absolute Gasteiger partial charge is 0.225 e. The lowest BCUT2D eigenvalue weighted by Gasteiger charge is -2.21. The highest BCUT2D eigenvalue weighted by Gasteiger charge is 2.08. The molecule has 96 valence electrons. The van der Waals surface area contributed by atoms with E-state index in [0.717, 1.165) is 36.9 Å². The van der Waals surface area contributed by atoms with Crippen LogP contribution in [-0.4, -0.2) is 36.3 Å². The second kappa shape index (κ2) is 7.19. The molecule has 2 N–H and O–H groups in total. The third kappa shape index (κ3) is 3.94. The Morgan fingerprint density at radius 1 is 1.41 bits per heavy atom. The number of nitrogens with two attached hydrogens (primary N) is 1. The molecule has 1 aromatic heterocycles. The van der Waals surface area contributed by atoms with Gasteiger partial charge in [-0.25, -0.2) is 9.97 Å². The Morgan fingerprint density at radius 2 is 2.18 bits per heavy atom. The topological polar surface area (TPSA) is 64.3 Å². The Balaban J connectivity index is 2.71. The van der Waals surface area contributed by atoms with Gasteiger partial charge in [0.1, 0.15) is 0 Å². The van der Waals surface area contributed by atoms with Crippen molar-refractivity contribution in [2.24, 2.45) is 5.73 Å². The minimum atomic E-state index is 0.483. The summed E-state index contributed by atoms with van der Waals surface area (Å²) in [6.45, 7) is 9.64. The molecule has 0 saturated carbocycles. The summed E-state index contributed by atoms with van der Waals surface area (Å²) in [4.78, 5) is 10.9. The van der Waals surface area contributed by atoms with Crippen LogP contribution in [0.1, 0.15) is 25.1 Å². The molecular weight excluding hydrogens is 216 g/mol. The first-order valence-electron chi connectivity index (χ1n) is 6.08. The summed E-state index contributed by atoms with van der Waals surface area (Å²) in [7, 11) is 0. The van der Waals surface area contributed by atoms with Crippen LogP contribution in [0.25, 0.3) is 0 Å². The van der Waals surface area contributed by atoms with Crippen LogP contribution in [0.4, 0.5) is 5.95 Å². The van der Waals surface area contributed by atoms with Crippen molar-refractivity contribution < 1.29 is 4.74 Å². The third-order valence-electron chi connectivity index (χ3n) is 2.66. The van der Waals surface area contributed by atoms with Gasteiger partial charge in [0, 0.05) is 43.7 Å². The quantitative estimate of drug-likeness (QED) is 0.721. The fourth-order valence-electron chi connectivity index (χ4n) is 1.55.